The molecule has 0 heterocycles. The van der Waals surface area contributed by atoms with Crippen LogP contribution in [0.1, 0.15) is 50.2 Å². The van der Waals surface area contributed by atoms with E-state index >= 15 is 0 Å². The quantitative estimate of drug-likeness (QED) is 0.515. The summed E-state index contributed by atoms with van der Waals surface area (Å²) in [5.74, 6) is 0.992. The van der Waals surface area contributed by atoms with Crippen LogP contribution in [0.15, 0.2) is 54.6 Å². The minimum atomic E-state index is -0.458. The summed E-state index contributed by atoms with van der Waals surface area (Å²) in [5.41, 5.74) is 2.12. The van der Waals surface area contributed by atoms with E-state index in [1.54, 1.807) is 16.7 Å². The Morgan fingerprint density at radius 3 is 2.48 bits per heavy atom. The Morgan fingerprint density at radius 1 is 1.10 bits per heavy atom. The van der Waals surface area contributed by atoms with Crippen molar-refractivity contribution in [3.63, 3.8) is 0 Å². The summed E-state index contributed by atoms with van der Waals surface area (Å²) in [5, 5.41) is 3.88. The molecule has 166 valence electrons. The first kappa shape index (κ1) is 23.7. The highest BCUT2D eigenvalue weighted by Gasteiger charge is 2.30. The van der Waals surface area contributed by atoms with Gasteiger partial charge in [-0.1, -0.05) is 73.8 Å². The average Bonchev–Trinajstić information content (AvgIpc) is 3.27. The average molecular weight is 459 g/mol. The van der Waals surface area contributed by atoms with Crippen LogP contribution in [0.4, 0.5) is 0 Å². The zero-order valence-corrected chi connectivity index (χ0v) is 19.6. The van der Waals surface area contributed by atoms with Gasteiger partial charge in [0.1, 0.15) is 6.04 Å². The number of thioether (sulfide) groups is 1. The van der Waals surface area contributed by atoms with Gasteiger partial charge in [0.15, 0.2) is 0 Å². The predicted molar refractivity (Wildman–Crippen MR) is 129 cm³/mol. The summed E-state index contributed by atoms with van der Waals surface area (Å²) in [6, 6.07) is 17.4. The molecule has 1 aliphatic rings. The maximum atomic E-state index is 13.2. The first-order valence-corrected chi connectivity index (χ1v) is 12.6. The summed E-state index contributed by atoms with van der Waals surface area (Å²) >= 11 is 7.62. The van der Waals surface area contributed by atoms with Crippen molar-refractivity contribution >= 4 is 35.2 Å². The number of halogens is 1. The van der Waals surface area contributed by atoms with E-state index in [0.29, 0.717) is 29.5 Å². The van der Waals surface area contributed by atoms with Crippen LogP contribution in [0.2, 0.25) is 5.02 Å². The Kier molecular flexibility index (Phi) is 9.29. The van der Waals surface area contributed by atoms with Gasteiger partial charge < -0.3 is 10.2 Å². The SMILES string of the molecule is CC[C@H](C(=O)NC1CCCC1)N(Cc1ccccc1)C(=O)CSCc1cccc(Cl)c1. The van der Waals surface area contributed by atoms with Crippen LogP contribution in [0.3, 0.4) is 0 Å². The van der Waals surface area contributed by atoms with Gasteiger partial charge in [-0.05, 0) is 42.5 Å². The summed E-state index contributed by atoms with van der Waals surface area (Å²) in [6.45, 7) is 2.41. The van der Waals surface area contributed by atoms with Crippen molar-refractivity contribution in [2.24, 2.45) is 0 Å². The van der Waals surface area contributed by atoms with E-state index in [2.05, 4.69) is 5.32 Å². The van der Waals surface area contributed by atoms with Gasteiger partial charge in [0.2, 0.25) is 11.8 Å². The lowest BCUT2D eigenvalue weighted by atomic mass is 10.1. The van der Waals surface area contributed by atoms with Gasteiger partial charge in [-0.25, -0.2) is 0 Å². The molecule has 0 unspecified atom stereocenters. The van der Waals surface area contributed by atoms with Crippen LogP contribution in [0, 0.1) is 0 Å². The Bertz CT molecular complexity index is 856. The largest absolute Gasteiger partial charge is 0.352 e. The second-order valence-electron chi connectivity index (χ2n) is 8.04. The summed E-state index contributed by atoms with van der Waals surface area (Å²) in [7, 11) is 0. The lowest BCUT2D eigenvalue weighted by Crippen LogP contribution is -2.51. The molecule has 2 aromatic rings. The normalized spacial score (nSPS) is 14.9. The zero-order valence-electron chi connectivity index (χ0n) is 18.1. The molecule has 0 saturated heterocycles. The molecule has 1 atom stereocenters. The highest BCUT2D eigenvalue weighted by atomic mass is 35.5. The zero-order chi connectivity index (χ0) is 22.1. The fourth-order valence-corrected chi connectivity index (χ4v) is 5.10. The number of hydrogen-bond donors (Lipinski definition) is 1. The van der Waals surface area contributed by atoms with Gasteiger partial charge in [0, 0.05) is 23.4 Å². The third kappa shape index (κ3) is 7.29. The van der Waals surface area contributed by atoms with E-state index in [1.165, 1.54) is 0 Å². The third-order valence-corrected chi connectivity index (χ3v) is 6.89. The van der Waals surface area contributed by atoms with Gasteiger partial charge in [0.05, 0.1) is 5.75 Å². The van der Waals surface area contributed by atoms with Crippen LogP contribution in [-0.2, 0) is 21.9 Å². The second kappa shape index (κ2) is 12.2. The predicted octanol–water partition coefficient (Wildman–Crippen LogP) is 5.44. The molecular formula is C25H31ClN2O2S. The second-order valence-corrected chi connectivity index (χ2v) is 9.47. The molecule has 0 radical (unpaired) electrons. The molecule has 1 saturated carbocycles. The first-order valence-electron chi connectivity index (χ1n) is 11.0. The lowest BCUT2D eigenvalue weighted by molar-refractivity contribution is -0.139. The van der Waals surface area contributed by atoms with Crippen molar-refractivity contribution < 1.29 is 9.59 Å². The Labute approximate surface area is 194 Å². The molecule has 0 aromatic heterocycles. The number of rotatable bonds is 10. The van der Waals surface area contributed by atoms with Gasteiger partial charge >= 0.3 is 0 Å². The highest BCUT2D eigenvalue weighted by Crippen LogP contribution is 2.21. The summed E-state index contributed by atoms with van der Waals surface area (Å²) in [4.78, 5) is 28.1. The van der Waals surface area contributed by atoms with E-state index in [-0.39, 0.29) is 17.9 Å². The van der Waals surface area contributed by atoms with E-state index in [9.17, 15) is 9.59 Å². The van der Waals surface area contributed by atoms with Gasteiger partial charge in [0.25, 0.3) is 0 Å². The number of hydrogen-bond acceptors (Lipinski definition) is 3. The summed E-state index contributed by atoms with van der Waals surface area (Å²) < 4.78 is 0. The van der Waals surface area contributed by atoms with E-state index in [1.807, 2.05) is 61.5 Å². The standard InChI is InChI=1S/C25H31ClN2O2S/c1-2-23(25(30)27-22-13-6-7-14-22)28(16-19-9-4-3-5-10-19)24(29)18-31-17-20-11-8-12-21(26)15-20/h3-5,8-12,15,22-23H,2,6-7,13-14,16-18H2,1H3,(H,27,30)/t23-/m1/s1. The molecule has 6 heteroatoms. The number of amides is 2. The van der Waals surface area contributed by atoms with Crippen molar-refractivity contribution in [3.8, 4) is 0 Å². The molecule has 2 amide bonds. The third-order valence-electron chi connectivity index (χ3n) is 5.67. The number of carbonyl (C=O) groups excluding carboxylic acids is 2. The van der Waals surface area contributed by atoms with Crippen molar-refractivity contribution in [1.82, 2.24) is 10.2 Å². The van der Waals surface area contributed by atoms with E-state index < -0.39 is 6.04 Å². The van der Waals surface area contributed by atoms with E-state index in [0.717, 1.165) is 36.8 Å². The Morgan fingerprint density at radius 2 is 1.81 bits per heavy atom. The van der Waals surface area contributed by atoms with Crippen molar-refractivity contribution in [3.05, 3.63) is 70.7 Å². The highest BCUT2D eigenvalue weighted by molar-refractivity contribution is 7.99. The molecule has 2 aromatic carbocycles. The van der Waals surface area contributed by atoms with Crippen LogP contribution in [-0.4, -0.2) is 34.6 Å². The van der Waals surface area contributed by atoms with Gasteiger partial charge in [-0.15, -0.1) is 11.8 Å². The Balaban J connectivity index is 1.67. The fourth-order valence-electron chi connectivity index (χ4n) is 4.03. The summed E-state index contributed by atoms with van der Waals surface area (Å²) in [6.07, 6.45) is 4.98. The lowest BCUT2D eigenvalue weighted by Gasteiger charge is -2.31. The number of nitrogens with one attached hydrogen (secondary N) is 1. The Hall–Kier alpha value is -1.98. The van der Waals surface area contributed by atoms with Crippen LogP contribution >= 0.6 is 23.4 Å². The van der Waals surface area contributed by atoms with Gasteiger partial charge in [-0.3, -0.25) is 9.59 Å². The monoisotopic (exact) mass is 458 g/mol. The minimum absolute atomic E-state index is 0.00990. The molecule has 0 spiro atoms. The topological polar surface area (TPSA) is 49.4 Å². The van der Waals surface area contributed by atoms with Crippen LogP contribution in [0.5, 0.6) is 0 Å². The van der Waals surface area contributed by atoms with Crippen LogP contribution in [0.25, 0.3) is 0 Å². The maximum absolute atomic E-state index is 13.2. The molecule has 0 aliphatic heterocycles. The van der Waals surface area contributed by atoms with Crippen LogP contribution < -0.4 is 5.32 Å². The fraction of sp³-hybridized carbons (Fsp3) is 0.440. The molecule has 31 heavy (non-hydrogen) atoms. The minimum Gasteiger partial charge on any atom is -0.352 e. The number of benzene rings is 2. The molecule has 1 N–H and O–H groups in total. The van der Waals surface area contributed by atoms with Crippen molar-refractivity contribution in [1.29, 1.82) is 0 Å². The molecule has 3 rings (SSSR count). The van der Waals surface area contributed by atoms with Gasteiger partial charge in [-0.2, -0.15) is 0 Å². The molecule has 1 aliphatic carbocycles. The molecule has 4 nitrogen and oxygen atoms in total. The molecule has 0 bridgehead atoms. The van der Waals surface area contributed by atoms with Crippen molar-refractivity contribution in [2.75, 3.05) is 5.75 Å². The first-order chi connectivity index (χ1) is 15.1. The van der Waals surface area contributed by atoms with E-state index in [4.69, 9.17) is 11.6 Å². The molecule has 1 fully saturated rings. The maximum Gasteiger partial charge on any atom is 0.243 e. The smallest absolute Gasteiger partial charge is 0.243 e. The molecular weight excluding hydrogens is 428 g/mol. The number of carbonyl (C=O) groups is 2. The number of nitrogens with zero attached hydrogens (tertiary/aromatic N) is 1. The van der Waals surface area contributed by atoms with Crippen molar-refractivity contribution in [2.45, 2.75) is 63.4 Å².